The molecule has 4 nitrogen and oxygen atoms in total. The quantitative estimate of drug-likeness (QED) is 0.658. The number of fused-ring (bicyclic) bond motifs is 1. The third-order valence-corrected chi connectivity index (χ3v) is 3.15. The highest BCUT2D eigenvalue weighted by Gasteiger charge is 2.24. The van der Waals surface area contributed by atoms with Crippen molar-refractivity contribution in [2.45, 2.75) is 19.4 Å². The van der Waals surface area contributed by atoms with Gasteiger partial charge in [0.2, 0.25) is 0 Å². The van der Waals surface area contributed by atoms with E-state index in [0.29, 0.717) is 11.3 Å². The van der Waals surface area contributed by atoms with Crippen LogP contribution in [0.3, 0.4) is 0 Å². The zero-order chi connectivity index (χ0) is 16.2. The predicted octanol–water partition coefficient (Wildman–Crippen LogP) is 3.09. The normalized spacial score (nSPS) is 13.4. The summed E-state index contributed by atoms with van der Waals surface area (Å²) in [5.74, 6) is 0.162. The van der Waals surface area contributed by atoms with Crippen LogP contribution in [0.4, 0.5) is 0 Å². The summed E-state index contributed by atoms with van der Waals surface area (Å²) in [6, 6.07) is 13.6. The van der Waals surface area contributed by atoms with E-state index in [0.717, 1.165) is 10.8 Å². The number of ether oxygens (including phenoxy) is 2. The van der Waals surface area contributed by atoms with Crippen molar-refractivity contribution in [2.75, 3.05) is 13.2 Å². The van der Waals surface area contributed by atoms with Crippen LogP contribution in [-0.4, -0.2) is 29.9 Å². The first-order valence-corrected chi connectivity index (χ1v) is 7.05. The first-order valence-electron chi connectivity index (χ1n) is 7.05. The van der Waals surface area contributed by atoms with Crippen LogP contribution in [0, 0.1) is 0 Å². The van der Waals surface area contributed by atoms with Gasteiger partial charge in [0.25, 0.3) is 0 Å². The second-order valence-electron chi connectivity index (χ2n) is 5.62. The summed E-state index contributed by atoms with van der Waals surface area (Å²) in [5, 5.41) is 12.3. The van der Waals surface area contributed by atoms with Gasteiger partial charge >= 0.3 is 5.97 Å². The topological polar surface area (TPSA) is 55.8 Å². The van der Waals surface area contributed by atoms with E-state index in [-0.39, 0.29) is 13.2 Å². The van der Waals surface area contributed by atoms with Crippen LogP contribution in [0.1, 0.15) is 13.8 Å². The molecule has 2 aromatic carbocycles. The Bertz CT molecular complexity index is 683. The van der Waals surface area contributed by atoms with Crippen LogP contribution in [0.5, 0.6) is 5.75 Å². The van der Waals surface area contributed by atoms with Crippen LogP contribution in [0.2, 0.25) is 0 Å². The number of hydrogen-bond donors (Lipinski definition) is 1. The van der Waals surface area contributed by atoms with Gasteiger partial charge in [-0.1, -0.05) is 43.0 Å². The summed E-state index contributed by atoms with van der Waals surface area (Å²) in [4.78, 5) is 11.4. The van der Waals surface area contributed by atoms with E-state index in [1.165, 1.54) is 0 Å². The molecule has 0 aliphatic heterocycles. The number of hydrogen-bond acceptors (Lipinski definition) is 4. The Morgan fingerprint density at radius 3 is 2.59 bits per heavy atom. The zero-order valence-corrected chi connectivity index (χ0v) is 12.8. The Hall–Kier alpha value is -2.33. The average molecular weight is 300 g/mol. The van der Waals surface area contributed by atoms with Gasteiger partial charge < -0.3 is 14.6 Å². The Morgan fingerprint density at radius 2 is 1.86 bits per heavy atom. The van der Waals surface area contributed by atoms with Gasteiger partial charge in [-0.15, -0.1) is 0 Å². The molecule has 1 N–H and O–H groups in total. The Labute approximate surface area is 130 Å². The van der Waals surface area contributed by atoms with Crippen molar-refractivity contribution in [3.63, 3.8) is 0 Å². The summed E-state index contributed by atoms with van der Waals surface area (Å²) in [6.45, 7) is 6.48. The molecule has 22 heavy (non-hydrogen) atoms. The molecule has 4 heteroatoms. The van der Waals surface area contributed by atoms with E-state index < -0.39 is 11.6 Å². The number of carbonyl (C=O) groups excluding carboxylic acids is 1. The van der Waals surface area contributed by atoms with Crippen LogP contribution in [0.15, 0.2) is 54.6 Å². The molecule has 0 spiro atoms. The maximum absolute atomic E-state index is 11.4. The summed E-state index contributed by atoms with van der Waals surface area (Å²) in [7, 11) is 0. The summed E-state index contributed by atoms with van der Waals surface area (Å²) in [5.41, 5.74) is -0.979. The van der Waals surface area contributed by atoms with Gasteiger partial charge in [0.05, 0.1) is 0 Å². The van der Waals surface area contributed by atoms with E-state index in [4.69, 9.17) is 9.47 Å². The predicted molar refractivity (Wildman–Crippen MR) is 85.8 cm³/mol. The van der Waals surface area contributed by atoms with Gasteiger partial charge in [0, 0.05) is 11.0 Å². The molecule has 0 fully saturated rings. The molecule has 2 aromatic rings. The van der Waals surface area contributed by atoms with Crippen LogP contribution < -0.4 is 4.74 Å². The molecule has 2 rings (SSSR count). The fourth-order valence-corrected chi connectivity index (χ4v) is 1.94. The SMILES string of the molecule is C=C(C)C(=O)OCC(C)(O)COc1cccc2ccccc12. The third kappa shape index (κ3) is 4.09. The monoisotopic (exact) mass is 300 g/mol. The van der Waals surface area contributed by atoms with Crippen molar-refractivity contribution < 1.29 is 19.4 Å². The molecule has 0 aromatic heterocycles. The van der Waals surface area contributed by atoms with Crippen molar-refractivity contribution in [1.29, 1.82) is 0 Å². The lowest BCUT2D eigenvalue weighted by atomic mass is 10.1. The van der Waals surface area contributed by atoms with Crippen molar-refractivity contribution >= 4 is 16.7 Å². The highest BCUT2D eigenvalue weighted by molar-refractivity contribution is 5.88. The lowest BCUT2D eigenvalue weighted by Gasteiger charge is -2.23. The number of rotatable bonds is 6. The molecule has 0 aliphatic rings. The number of aliphatic hydroxyl groups is 1. The van der Waals surface area contributed by atoms with E-state index in [2.05, 4.69) is 6.58 Å². The fourth-order valence-electron chi connectivity index (χ4n) is 1.94. The van der Waals surface area contributed by atoms with Gasteiger partial charge in [0.1, 0.15) is 24.6 Å². The van der Waals surface area contributed by atoms with Crippen molar-refractivity contribution in [2.24, 2.45) is 0 Å². The minimum absolute atomic E-state index is 0.0183. The van der Waals surface area contributed by atoms with E-state index in [1.807, 2.05) is 42.5 Å². The summed E-state index contributed by atoms with van der Waals surface area (Å²) < 4.78 is 10.7. The fraction of sp³-hybridized carbons (Fsp3) is 0.278. The molecule has 0 saturated heterocycles. The van der Waals surface area contributed by atoms with Crippen LogP contribution in [-0.2, 0) is 9.53 Å². The number of esters is 1. The minimum Gasteiger partial charge on any atom is -0.490 e. The standard InChI is InChI=1S/C18H20O4/c1-13(2)17(19)22-12-18(3,20)11-21-16-10-6-8-14-7-4-5-9-15(14)16/h4-10,20H,1,11-12H2,2-3H3. The second-order valence-corrected chi connectivity index (χ2v) is 5.62. The summed E-state index contributed by atoms with van der Waals surface area (Å²) >= 11 is 0. The minimum atomic E-state index is -1.28. The Balaban J connectivity index is 2.01. The first-order chi connectivity index (χ1) is 10.4. The number of carbonyl (C=O) groups is 1. The zero-order valence-electron chi connectivity index (χ0n) is 12.8. The average Bonchev–Trinajstić information content (AvgIpc) is 2.50. The molecular weight excluding hydrogens is 280 g/mol. The Kier molecular flexibility index (Phi) is 4.83. The molecular formula is C18H20O4. The maximum atomic E-state index is 11.4. The lowest BCUT2D eigenvalue weighted by Crippen LogP contribution is -2.38. The first kappa shape index (κ1) is 16.0. The maximum Gasteiger partial charge on any atom is 0.333 e. The molecule has 0 bridgehead atoms. The van der Waals surface area contributed by atoms with Crippen LogP contribution in [0.25, 0.3) is 10.8 Å². The van der Waals surface area contributed by atoms with Gasteiger partial charge in [-0.25, -0.2) is 4.79 Å². The largest absolute Gasteiger partial charge is 0.490 e. The highest BCUT2D eigenvalue weighted by Crippen LogP contribution is 2.25. The molecule has 0 saturated carbocycles. The van der Waals surface area contributed by atoms with E-state index in [9.17, 15) is 9.90 Å². The van der Waals surface area contributed by atoms with Crippen molar-refractivity contribution in [3.05, 3.63) is 54.6 Å². The van der Waals surface area contributed by atoms with E-state index >= 15 is 0 Å². The molecule has 0 aliphatic carbocycles. The van der Waals surface area contributed by atoms with Crippen LogP contribution >= 0.6 is 0 Å². The molecule has 1 unspecified atom stereocenters. The third-order valence-electron chi connectivity index (χ3n) is 3.15. The van der Waals surface area contributed by atoms with Gasteiger partial charge in [0.15, 0.2) is 0 Å². The molecule has 116 valence electrons. The van der Waals surface area contributed by atoms with Gasteiger partial charge in [-0.2, -0.15) is 0 Å². The van der Waals surface area contributed by atoms with Gasteiger partial charge in [-0.05, 0) is 25.3 Å². The molecule has 1 atom stereocenters. The second kappa shape index (κ2) is 6.62. The molecule has 0 radical (unpaired) electrons. The smallest absolute Gasteiger partial charge is 0.333 e. The van der Waals surface area contributed by atoms with Crippen molar-refractivity contribution in [1.82, 2.24) is 0 Å². The summed E-state index contributed by atoms with van der Waals surface area (Å²) in [6.07, 6.45) is 0. The molecule has 0 heterocycles. The highest BCUT2D eigenvalue weighted by atomic mass is 16.6. The number of benzene rings is 2. The lowest BCUT2D eigenvalue weighted by molar-refractivity contribution is -0.147. The van der Waals surface area contributed by atoms with Crippen molar-refractivity contribution in [3.8, 4) is 5.75 Å². The van der Waals surface area contributed by atoms with Gasteiger partial charge in [-0.3, -0.25) is 0 Å². The molecule has 0 amide bonds. The van der Waals surface area contributed by atoms with E-state index in [1.54, 1.807) is 13.8 Å². The Morgan fingerprint density at radius 1 is 1.18 bits per heavy atom.